The van der Waals surface area contributed by atoms with Crippen molar-refractivity contribution in [2.75, 3.05) is 18.4 Å². The van der Waals surface area contributed by atoms with Crippen LogP contribution in [0.3, 0.4) is 0 Å². The molecule has 1 amide bonds. The number of piperidine rings is 1. The number of nitrogens with one attached hydrogen (secondary N) is 1. The second-order valence-electron chi connectivity index (χ2n) is 8.05. The van der Waals surface area contributed by atoms with Crippen LogP contribution in [-0.4, -0.2) is 62.1 Å². The summed E-state index contributed by atoms with van der Waals surface area (Å²) in [6.07, 6.45) is 1.80. The van der Waals surface area contributed by atoms with Gasteiger partial charge in [0, 0.05) is 30.9 Å². The summed E-state index contributed by atoms with van der Waals surface area (Å²) in [4.78, 5) is 25.5. The number of alkyl halides is 2. The van der Waals surface area contributed by atoms with Crippen molar-refractivity contribution in [3.05, 3.63) is 60.6 Å². The summed E-state index contributed by atoms with van der Waals surface area (Å²) in [5.41, 5.74) is 1.87. The molecular formula is C24H22F2N6O3. The van der Waals surface area contributed by atoms with Gasteiger partial charge in [0.2, 0.25) is 5.95 Å². The molecule has 0 saturated carbocycles. The molecule has 0 radical (unpaired) electrons. The van der Waals surface area contributed by atoms with Crippen molar-refractivity contribution in [2.24, 2.45) is 0 Å². The molecule has 1 fully saturated rings. The second kappa shape index (κ2) is 9.99. The standard InChI is InChI=1S/C24H22F2N6O3/c1-15(33)22(34)32-10-7-21(24(25,26)14-32)35-20-5-4-16(11-17(20)12-27)19-6-9-29-23(31-19)30-18-3-2-8-28-13-18/h2-6,8-9,11,13,15,21,33H,7,10,14H2,1H3,(H,29,30,31)/t15-,21?/m1/s1. The number of carbonyl (C=O) groups excluding carboxylic acids is 1. The molecule has 4 rings (SSSR count). The Morgan fingerprint density at radius 1 is 1.34 bits per heavy atom. The predicted octanol–water partition coefficient (Wildman–Crippen LogP) is 3.15. The van der Waals surface area contributed by atoms with Crippen LogP contribution >= 0.6 is 0 Å². The third kappa shape index (κ3) is 5.50. The maximum absolute atomic E-state index is 14.7. The Morgan fingerprint density at radius 3 is 2.86 bits per heavy atom. The maximum Gasteiger partial charge on any atom is 0.301 e. The summed E-state index contributed by atoms with van der Waals surface area (Å²) >= 11 is 0. The monoisotopic (exact) mass is 480 g/mol. The van der Waals surface area contributed by atoms with Crippen molar-refractivity contribution in [2.45, 2.75) is 31.5 Å². The molecule has 1 saturated heterocycles. The first-order valence-corrected chi connectivity index (χ1v) is 10.8. The molecule has 0 bridgehead atoms. The Morgan fingerprint density at radius 2 is 2.17 bits per heavy atom. The highest BCUT2D eigenvalue weighted by Gasteiger charge is 2.48. The molecule has 35 heavy (non-hydrogen) atoms. The summed E-state index contributed by atoms with van der Waals surface area (Å²) in [7, 11) is 0. The van der Waals surface area contributed by atoms with E-state index in [2.05, 4.69) is 20.3 Å². The first-order valence-electron chi connectivity index (χ1n) is 10.8. The lowest BCUT2D eigenvalue weighted by atomic mass is 10.0. The predicted molar refractivity (Wildman–Crippen MR) is 122 cm³/mol. The Kier molecular flexibility index (Phi) is 6.84. The van der Waals surface area contributed by atoms with Crippen molar-refractivity contribution in [3.63, 3.8) is 0 Å². The number of benzene rings is 1. The fourth-order valence-electron chi connectivity index (χ4n) is 3.70. The van der Waals surface area contributed by atoms with Gasteiger partial charge >= 0.3 is 5.92 Å². The van der Waals surface area contributed by atoms with Gasteiger partial charge in [-0.05, 0) is 43.3 Å². The van der Waals surface area contributed by atoms with E-state index < -0.39 is 30.6 Å². The minimum atomic E-state index is -3.35. The molecule has 11 heteroatoms. The first-order chi connectivity index (χ1) is 16.8. The highest BCUT2D eigenvalue weighted by Crippen LogP contribution is 2.34. The number of aliphatic hydroxyl groups is 1. The molecule has 180 valence electrons. The van der Waals surface area contributed by atoms with Gasteiger partial charge in [-0.3, -0.25) is 9.78 Å². The number of ether oxygens (including phenoxy) is 1. The highest BCUT2D eigenvalue weighted by molar-refractivity contribution is 5.80. The molecule has 1 aromatic carbocycles. The Balaban J connectivity index is 1.51. The molecule has 1 aliphatic heterocycles. The Bertz CT molecular complexity index is 1250. The number of hydrogen-bond donors (Lipinski definition) is 2. The van der Waals surface area contributed by atoms with E-state index in [9.17, 15) is 23.9 Å². The van der Waals surface area contributed by atoms with Gasteiger partial charge in [-0.1, -0.05) is 0 Å². The van der Waals surface area contributed by atoms with E-state index in [1.54, 1.807) is 36.8 Å². The number of aromatic nitrogens is 3. The van der Waals surface area contributed by atoms with Crippen molar-refractivity contribution >= 4 is 17.5 Å². The molecule has 0 spiro atoms. The number of anilines is 2. The molecule has 2 N–H and O–H groups in total. The van der Waals surface area contributed by atoms with E-state index in [1.165, 1.54) is 19.1 Å². The van der Waals surface area contributed by atoms with Gasteiger partial charge in [0.25, 0.3) is 5.91 Å². The van der Waals surface area contributed by atoms with Crippen LogP contribution in [0.4, 0.5) is 20.4 Å². The largest absolute Gasteiger partial charge is 0.483 e. The minimum Gasteiger partial charge on any atom is -0.483 e. The molecule has 0 aliphatic carbocycles. The molecule has 3 aromatic rings. The first kappa shape index (κ1) is 24.0. The second-order valence-corrected chi connectivity index (χ2v) is 8.05. The molecule has 1 aliphatic rings. The Labute approximate surface area is 200 Å². The van der Waals surface area contributed by atoms with Crippen molar-refractivity contribution in [1.29, 1.82) is 5.26 Å². The van der Waals surface area contributed by atoms with E-state index in [4.69, 9.17) is 4.74 Å². The lowest BCUT2D eigenvalue weighted by Gasteiger charge is -2.38. The molecular weight excluding hydrogens is 458 g/mol. The van der Waals surface area contributed by atoms with Gasteiger partial charge in [-0.25, -0.2) is 18.7 Å². The van der Waals surface area contributed by atoms with Crippen LogP contribution in [-0.2, 0) is 4.79 Å². The third-order valence-electron chi connectivity index (χ3n) is 5.44. The Hall–Kier alpha value is -4.17. The summed E-state index contributed by atoms with van der Waals surface area (Å²) < 4.78 is 35.0. The van der Waals surface area contributed by atoms with Crippen molar-refractivity contribution < 1.29 is 23.4 Å². The van der Waals surface area contributed by atoms with Gasteiger partial charge in [0.05, 0.1) is 29.7 Å². The summed E-state index contributed by atoms with van der Waals surface area (Å²) in [5, 5.41) is 22.1. The van der Waals surface area contributed by atoms with Gasteiger partial charge in [0.15, 0.2) is 6.10 Å². The lowest BCUT2D eigenvalue weighted by Crippen LogP contribution is -2.56. The zero-order valence-electron chi connectivity index (χ0n) is 18.7. The SMILES string of the molecule is C[C@@H](O)C(=O)N1CCC(Oc2ccc(-c3ccnc(Nc4cccnc4)n3)cc2C#N)C(F)(F)C1. The molecule has 2 aromatic heterocycles. The molecule has 2 atom stereocenters. The summed E-state index contributed by atoms with van der Waals surface area (Å²) in [6, 6.07) is 11.8. The average molecular weight is 480 g/mol. The summed E-state index contributed by atoms with van der Waals surface area (Å²) in [5.74, 6) is -3.77. The topological polar surface area (TPSA) is 124 Å². The summed E-state index contributed by atoms with van der Waals surface area (Å²) in [6.45, 7) is 0.381. The number of likely N-dealkylation sites (tertiary alicyclic amines) is 1. The average Bonchev–Trinajstić information content (AvgIpc) is 2.85. The van der Waals surface area contributed by atoms with Crippen LogP contribution in [0.1, 0.15) is 18.9 Å². The quantitative estimate of drug-likeness (QED) is 0.551. The minimum absolute atomic E-state index is 0.0115. The highest BCUT2D eigenvalue weighted by atomic mass is 19.3. The normalized spacial score (nSPS) is 17.8. The third-order valence-corrected chi connectivity index (χ3v) is 5.44. The van der Waals surface area contributed by atoms with Crippen molar-refractivity contribution in [1.82, 2.24) is 19.9 Å². The van der Waals surface area contributed by atoms with Gasteiger partial charge < -0.3 is 20.1 Å². The van der Waals surface area contributed by atoms with Crippen LogP contribution in [0.2, 0.25) is 0 Å². The van der Waals surface area contributed by atoms with Crippen LogP contribution < -0.4 is 10.1 Å². The number of rotatable bonds is 6. The number of nitrogens with zero attached hydrogens (tertiary/aromatic N) is 5. The van der Waals surface area contributed by atoms with E-state index in [-0.39, 0.29) is 24.3 Å². The van der Waals surface area contributed by atoms with E-state index in [0.717, 1.165) is 4.90 Å². The number of amides is 1. The number of hydrogen-bond acceptors (Lipinski definition) is 8. The van der Waals surface area contributed by atoms with Crippen LogP contribution in [0, 0.1) is 11.3 Å². The van der Waals surface area contributed by atoms with Gasteiger partial charge in [-0.2, -0.15) is 5.26 Å². The van der Waals surface area contributed by atoms with Crippen molar-refractivity contribution in [3.8, 4) is 23.1 Å². The number of pyridine rings is 1. The molecule has 9 nitrogen and oxygen atoms in total. The van der Waals surface area contributed by atoms with E-state index in [0.29, 0.717) is 22.9 Å². The zero-order chi connectivity index (χ0) is 25.0. The fraction of sp³-hybridized carbons (Fsp3) is 0.292. The van der Waals surface area contributed by atoms with Gasteiger partial charge in [0.1, 0.15) is 17.9 Å². The van der Waals surface area contributed by atoms with Crippen LogP contribution in [0.25, 0.3) is 11.3 Å². The molecule has 1 unspecified atom stereocenters. The lowest BCUT2D eigenvalue weighted by molar-refractivity contribution is -0.165. The van der Waals surface area contributed by atoms with Crippen LogP contribution in [0.5, 0.6) is 5.75 Å². The number of halogens is 2. The van der Waals surface area contributed by atoms with E-state index in [1.807, 2.05) is 12.1 Å². The number of aliphatic hydroxyl groups excluding tert-OH is 1. The van der Waals surface area contributed by atoms with Gasteiger partial charge in [-0.15, -0.1) is 0 Å². The zero-order valence-corrected chi connectivity index (χ0v) is 18.7. The number of nitriles is 1. The van der Waals surface area contributed by atoms with Crippen LogP contribution in [0.15, 0.2) is 55.0 Å². The fourth-order valence-corrected chi connectivity index (χ4v) is 3.70. The van der Waals surface area contributed by atoms with E-state index >= 15 is 0 Å². The molecule has 3 heterocycles. The maximum atomic E-state index is 14.7. The number of carbonyl (C=O) groups is 1. The smallest absolute Gasteiger partial charge is 0.301 e.